The van der Waals surface area contributed by atoms with E-state index in [4.69, 9.17) is 11.6 Å². The van der Waals surface area contributed by atoms with Crippen LogP contribution in [-0.2, 0) is 6.42 Å². The summed E-state index contributed by atoms with van der Waals surface area (Å²) in [7, 11) is 0. The highest BCUT2D eigenvalue weighted by Crippen LogP contribution is 2.35. The van der Waals surface area contributed by atoms with Gasteiger partial charge in [0.25, 0.3) is 0 Å². The number of amides is 2. The van der Waals surface area contributed by atoms with Crippen molar-refractivity contribution in [1.82, 2.24) is 4.90 Å². The molecule has 0 aromatic heterocycles. The minimum Gasteiger partial charge on any atom is -0.317 e. The number of anilines is 1. The van der Waals surface area contributed by atoms with E-state index in [0.29, 0.717) is 0 Å². The second-order valence-corrected chi connectivity index (χ2v) is 6.26. The molecule has 1 aliphatic rings. The first-order valence-electron chi connectivity index (χ1n) is 8.10. The van der Waals surface area contributed by atoms with E-state index in [0.717, 1.165) is 42.1 Å². The molecule has 120 valence electrons. The molecule has 1 heterocycles. The van der Waals surface area contributed by atoms with Crippen LogP contribution in [0, 0.1) is 0 Å². The zero-order chi connectivity index (χ0) is 16.2. The Morgan fingerprint density at radius 2 is 1.96 bits per heavy atom. The molecule has 2 amide bonds. The summed E-state index contributed by atoms with van der Waals surface area (Å²) >= 11 is 6.31. The molecule has 1 fully saturated rings. The van der Waals surface area contributed by atoms with Crippen molar-refractivity contribution >= 4 is 23.3 Å². The van der Waals surface area contributed by atoms with Gasteiger partial charge in [-0.1, -0.05) is 48.9 Å². The van der Waals surface area contributed by atoms with Crippen LogP contribution in [0.2, 0.25) is 5.02 Å². The smallest absolute Gasteiger partial charge is 0.317 e. The third-order valence-corrected chi connectivity index (χ3v) is 4.74. The quantitative estimate of drug-likeness (QED) is 0.817. The van der Waals surface area contributed by atoms with Gasteiger partial charge in [-0.15, -0.1) is 0 Å². The topological polar surface area (TPSA) is 32.3 Å². The van der Waals surface area contributed by atoms with E-state index in [1.807, 2.05) is 53.4 Å². The standard InChI is InChI=1S/C19H21ClN2O/c1-2-14-9-11-15(12-10-14)21-19(23)22-13-5-8-18(22)16-6-3-4-7-17(16)20/h3-4,6-7,9-12,18H,2,5,8,13H2,1H3,(H,21,23)/t18-/m0/s1. The van der Waals surface area contributed by atoms with Crippen LogP contribution in [0.15, 0.2) is 48.5 Å². The van der Waals surface area contributed by atoms with Gasteiger partial charge in [0, 0.05) is 17.3 Å². The third-order valence-electron chi connectivity index (χ3n) is 4.39. The molecule has 1 aliphatic heterocycles. The highest BCUT2D eigenvalue weighted by Gasteiger charge is 2.31. The number of hydrogen-bond donors (Lipinski definition) is 1. The van der Waals surface area contributed by atoms with E-state index in [2.05, 4.69) is 12.2 Å². The Hall–Kier alpha value is -2.00. The number of likely N-dealkylation sites (tertiary alicyclic amines) is 1. The van der Waals surface area contributed by atoms with Crippen molar-refractivity contribution in [3.05, 3.63) is 64.7 Å². The van der Waals surface area contributed by atoms with Crippen LogP contribution >= 0.6 is 11.6 Å². The van der Waals surface area contributed by atoms with Crippen molar-refractivity contribution in [2.24, 2.45) is 0 Å². The van der Waals surface area contributed by atoms with Crippen molar-refractivity contribution in [2.75, 3.05) is 11.9 Å². The van der Waals surface area contributed by atoms with Crippen LogP contribution in [0.1, 0.15) is 36.9 Å². The summed E-state index contributed by atoms with van der Waals surface area (Å²) < 4.78 is 0. The lowest BCUT2D eigenvalue weighted by atomic mass is 10.0. The van der Waals surface area contributed by atoms with Crippen molar-refractivity contribution in [3.63, 3.8) is 0 Å². The van der Waals surface area contributed by atoms with Gasteiger partial charge in [0.05, 0.1) is 6.04 Å². The number of halogens is 1. The molecule has 1 atom stereocenters. The van der Waals surface area contributed by atoms with E-state index in [9.17, 15) is 4.79 Å². The van der Waals surface area contributed by atoms with E-state index < -0.39 is 0 Å². The largest absolute Gasteiger partial charge is 0.322 e. The van der Waals surface area contributed by atoms with E-state index in [1.165, 1.54) is 5.56 Å². The number of hydrogen-bond acceptors (Lipinski definition) is 1. The summed E-state index contributed by atoms with van der Waals surface area (Å²) in [5, 5.41) is 3.72. The SMILES string of the molecule is CCc1ccc(NC(=O)N2CCC[C@H]2c2ccccc2Cl)cc1. The molecule has 0 spiro atoms. The Morgan fingerprint density at radius 3 is 2.65 bits per heavy atom. The van der Waals surface area contributed by atoms with Crippen LogP contribution in [0.3, 0.4) is 0 Å². The second kappa shape index (κ2) is 7.05. The second-order valence-electron chi connectivity index (χ2n) is 5.85. The molecule has 0 saturated carbocycles. The molecule has 0 unspecified atom stereocenters. The summed E-state index contributed by atoms with van der Waals surface area (Å²) in [5.41, 5.74) is 3.12. The first-order valence-corrected chi connectivity index (χ1v) is 8.48. The molecular formula is C19H21ClN2O. The number of benzene rings is 2. The molecule has 1 saturated heterocycles. The van der Waals surface area contributed by atoms with Gasteiger partial charge < -0.3 is 10.2 Å². The summed E-state index contributed by atoms with van der Waals surface area (Å²) in [4.78, 5) is 14.5. The van der Waals surface area contributed by atoms with Gasteiger partial charge in [0.1, 0.15) is 0 Å². The lowest BCUT2D eigenvalue weighted by molar-refractivity contribution is 0.207. The molecule has 1 N–H and O–H groups in total. The van der Waals surface area contributed by atoms with Gasteiger partial charge in [-0.2, -0.15) is 0 Å². The zero-order valence-electron chi connectivity index (χ0n) is 13.3. The normalized spacial score (nSPS) is 17.3. The Labute approximate surface area is 142 Å². The highest BCUT2D eigenvalue weighted by atomic mass is 35.5. The number of urea groups is 1. The summed E-state index contributed by atoms with van der Waals surface area (Å²) in [6.45, 7) is 2.88. The molecule has 0 aliphatic carbocycles. The molecule has 0 radical (unpaired) electrons. The average molecular weight is 329 g/mol. The van der Waals surface area contributed by atoms with E-state index >= 15 is 0 Å². The first kappa shape index (κ1) is 15.9. The molecule has 23 heavy (non-hydrogen) atoms. The Balaban J connectivity index is 1.74. The maximum atomic E-state index is 12.6. The predicted molar refractivity (Wildman–Crippen MR) is 95.0 cm³/mol. The van der Waals surface area contributed by atoms with Crippen LogP contribution < -0.4 is 5.32 Å². The van der Waals surface area contributed by atoms with Gasteiger partial charge in [0.15, 0.2) is 0 Å². The molecule has 2 aromatic carbocycles. The van der Waals surface area contributed by atoms with Gasteiger partial charge >= 0.3 is 6.03 Å². The van der Waals surface area contributed by atoms with Crippen molar-refractivity contribution in [1.29, 1.82) is 0 Å². The number of carbonyl (C=O) groups is 1. The fourth-order valence-electron chi connectivity index (χ4n) is 3.10. The number of carbonyl (C=O) groups excluding carboxylic acids is 1. The number of nitrogens with one attached hydrogen (secondary N) is 1. The maximum absolute atomic E-state index is 12.6. The van der Waals surface area contributed by atoms with Crippen molar-refractivity contribution in [3.8, 4) is 0 Å². The molecule has 4 heteroatoms. The molecule has 0 bridgehead atoms. The predicted octanol–water partition coefficient (Wildman–Crippen LogP) is 5.27. The third kappa shape index (κ3) is 3.50. The van der Waals surface area contributed by atoms with E-state index in [-0.39, 0.29) is 12.1 Å². The Kier molecular flexibility index (Phi) is 4.87. The Bertz CT molecular complexity index is 684. The lowest BCUT2D eigenvalue weighted by Gasteiger charge is -2.26. The monoisotopic (exact) mass is 328 g/mol. The van der Waals surface area contributed by atoms with Crippen LogP contribution in [0.4, 0.5) is 10.5 Å². The van der Waals surface area contributed by atoms with Crippen molar-refractivity contribution in [2.45, 2.75) is 32.2 Å². The van der Waals surface area contributed by atoms with Crippen LogP contribution in [0.25, 0.3) is 0 Å². The maximum Gasteiger partial charge on any atom is 0.322 e. The molecule has 2 aromatic rings. The highest BCUT2D eigenvalue weighted by molar-refractivity contribution is 6.31. The number of nitrogens with zero attached hydrogens (tertiary/aromatic N) is 1. The summed E-state index contributed by atoms with van der Waals surface area (Å²) in [6.07, 6.45) is 2.94. The average Bonchev–Trinajstić information content (AvgIpc) is 3.05. The molecule has 3 rings (SSSR count). The van der Waals surface area contributed by atoms with Crippen LogP contribution in [0.5, 0.6) is 0 Å². The Morgan fingerprint density at radius 1 is 1.22 bits per heavy atom. The van der Waals surface area contributed by atoms with Gasteiger partial charge in [0.2, 0.25) is 0 Å². The summed E-state index contributed by atoms with van der Waals surface area (Å²) in [5.74, 6) is 0. The lowest BCUT2D eigenvalue weighted by Crippen LogP contribution is -2.34. The number of aryl methyl sites for hydroxylation is 1. The number of rotatable bonds is 3. The van der Waals surface area contributed by atoms with Gasteiger partial charge in [-0.25, -0.2) is 4.79 Å². The zero-order valence-corrected chi connectivity index (χ0v) is 14.0. The van der Waals surface area contributed by atoms with Gasteiger partial charge in [-0.3, -0.25) is 0 Å². The molecular weight excluding hydrogens is 308 g/mol. The first-order chi connectivity index (χ1) is 11.2. The fraction of sp³-hybridized carbons (Fsp3) is 0.316. The molecule has 3 nitrogen and oxygen atoms in total. The van der Waals surface area contributed by atoms with Crippen molar-refractivity contribution < 1.29 is 4.79 Å². The van der Waals surface area contributed by atoms with E-state index in [1.54, 1.807) is 0 Å². The van der Waals surface area contributed by atoms with Crippen LogP contribution in [-0.4, -0.2) is 17.5 Å². The fourth-order valence-corrected chi connectivity index (χ4v) is 3.36. The minimum atomic E-state index is -0.0586. The van der Waals surface area contributed by atoms with Gasteiger partial charge in [-0.05, 0) is 48.6 Å². The summed E-state index contributed by atoms with van der Waals surface area (Å²) in [6, 6.07) is 15.8. The minimum absolute atomic E-state index is 0.0543.